The maximum Gasteiger partial charge on any atom is 0.352 e. The van der Waals surface area contributed by atoms with Crippen LogP contribution in [0.1, 0.15) is 25.6 Å². The lowest BCUT2D eigenvalue weighted by Gasteiger charge is -2.49. The molecule has 1 saturated heterocycles. The quantitative estimate of drug-likeness (QED) is 0.475. The van der Waals surface area contributed by atoms with E-state index in [1.165, 1.54) is 39.3 Å². The van der Waals surface area contributed by atoms with Crippen LogP contribution in [0.5, 0.6) is 0 Å². The van der Waals surface area contributed by atoms with Gasteiger partial charge in [0.25, 0.3) is 5.91 Å². The molecule has 0 aliphatic carbocycles. The van der Waals surface area contributed by atoms with Crippen molar-refractivity contribution in [2.45, 2.75) is 24.4 Å². The Morgan fingerprint density at radius 2 is 2.22 bits per heavy atom. The second kappa shape index (κ2) is 9.35. The van der Waals surface area contributed by atoms with Gasteiger partial charge in [0.2, 0.25) is 11.0 Å². The number of carbonyl (C=O) groups excluding carboxylic acids is 3. The molecular weight excluding hydrogens is 493 g/mol. The Hall–Kier alpha value is -2.19. The van der Waals surface area contributed by atoms with E-state index in [4.69, 9.17) is 5.73 Å². The zero-order chi connectivity index (χ0) is 23.0. The Morgan fingerprint density at radius 1 is 1.44 bits per heavy atom. The van der Waals surface area contributed by atoms with Crippen molar-refractivity contribution in [3.8, 4) is 0 Å². The lowest BCUT2D eigenvalue weighted by molar-refractivity contribution is -0.150. The van der Waals surface area contributed by atoms with Crippen LogP contribution in [0.3, 0.4) is 0 Å². The highest BCUT2D eigenvalue weighted by atomic mass is 32.2. The van der Waals surface area contributed by atoms with Crippen LogP contribution in [0.25, 0.3) is 0 Å². The molecule has 13 heteroatoms. The van der Waals surface area contributed by atoms with E-state index >= 15 is 0 Å². The van der Waals surface area contributed by atoms with Gasteiger partial charge in [-0.2, -0.15) is 0 Å². The highest BCUT2D eigenvalue weighted by molar-refractivity contribution is 8.14. The van der Waals surface area contributed by atoms with Gasteiger partial charge in [-0.3, -0.25) is 19.3 Å². The number of thiazole rings is 1. The van der Waals surface area contributed by atoms with Crippen molar-refractivity contribution in [3.05, 3.63) is 49.7 Å². The monoisotopic (exact) mass is 510 g/mol. The first-order valence-electron chi connectivity index (χ1n) is 9.37. The standard InChI is InChI=1S/C19H18N4O5S4/c1-8-5-21-15(32-8)19(28)31-7-9-6-30-17-12(16(25)23(17)13(9)18(26)27)22-14(24)11(20)10-3-2-4-29-10/h2-5,11-12,17H,6-7,20H2,1H3,(H,22,24)(H,26,27)/t11?,12?,17-/m0/s1. The van der Waals surface area contributed by atoms with Gasteiger partial charge in [-0.15, -0.1) is 34.4 Å². The van der Waals surface area contributed by atoms with Crippen LogP contribution in [0.2, 0.25) is 0 Å². The summed E-state index contributed by atoms with van der Waals surface area (Å²) in [7, 11) is 0. The van der Waals surface area contributed by atoms with Gasteiger partial charge in [0.15, 0.2) is 5.01 Å². The molecule has 2 aromatic heterocycles. The second-order valence-electron chi connectivity index (χ2n) is 7.00. The van der Waals surface area contributed by atoms with Gasteiger partial charge in [-0.05, 0) is 23.9 Å². The number of aliphatic carboxylic acids is 1. The Bertz CT molecular complexity index is 1110. The first-order valence-corrected chi connectivity index (χ1v) is 13.1. The molecule has 32 heavy (non-hydrogen) atoms. The summed E-state index contributed by atoms with van der Waals surface area (Å²) in [6.07, 6.45) is 1.61. The molecule has 168 valence electrons. The third-order valence-corrected chi connectivity index (χ3v) is 9.14. The predicted octanol–water partition coefficient (Wildman–Crippen LogP) is 1.83. The molecular formula is C19H18N4O5S4. The zero-order valence-corrected chi connectivity index (χ0v) is 19.9. The third-order valence-electron chi connectivity index (χ3n) is 4.85. The smallest absolute Gasteiger partial charge is 0.352 e. The van der Waals surface area contributed by atoms with E-state index in [1.807, 2.05) is 6.92 Å². The number of β-lactam (4-membered cyclic amide) rings is 1. The zero-order valence-electron chi connectivity index (χ0n) is 16.6. The molecule has 9 nitrogen and oxygen atoms in total. The summed E-state index contributed by atoms with van der Waals surface area (Å²) in [6.45, 7) is 1.85. The van der Waals surface area contributed by atoms with Crippen molar-refractivity contribution >= 4 is 69.1 Å². The van der Waals surface area contributed by atoms with E-state index in [2.05, 4.69) is 10.3 Å². The van der Waals surface area contributed by atoms with E-state index in [-0.39, 0.29) is 16.6 Å². The number of hydrogen-bond acceptors (Lipinski definition) is 10. The van der Waals surface area contributed by atoms with Crippen molar-refractivity contribution in [2.75, 3.05) is 11.5 Å². The third kappa shape index (κ3) is 4.35. The largest absolute Gasteiger partial charge is 0.477 e. The summed E-state index contributed by atoms with van der Waals surface area (Å²) < 4.78 is 0. The number of carboxylic acids is 1. The van der Waals surface area contributed by atoms with Gasteiger partial charge in [0.05, 0.1) is 0 Å². The van der Waals surface area contributed by atoms with Crippen molar-refractivity contribution in [2.24, 2.45) is 5.73 Å². The predicted molar refractivity (Wildman–Crippen MR) is 125 cm³/mol. The highest BCUT2D eigenvalue weighted by Gasteiger charge is 2.54. The van der Waals surface area contributed by atoms with E-state index in [1.54, 1.807) is 23.7 Å². The highest BCUT2D eigenvalue weighted by Crippen LogP contribution is 2.41. The number of nitrogens with two attached hydrogens (primary N) is 1. The summed E-state index contributed by atoms with van der Waals surface area (Å²) in [6, 6.07) is 1.78. The van der Waals surface area contributed by atoms with Crippen LogP contribution in [-0.2, 0) is 14.4 Å². The topological polar surface area (TPSA) is 143 Å². The summed E-state index contributed by atoms with van der Waals surface area (Å²) in [5, 5.41) is 13.8. The maximum absolute atomic E-state index is 12.7. The van der Waals surface area contributed by atoms with Crippen molar-refractivity contribution < 1.29 is 24.3 Å². The number of hydrogen-bond donors (Lipinski definition) is 3. The number of fused-ring (bicyclic) bond motifs is 1. The number of aromatic nitrogens is 1. The van der Waals surface area contributed by atoms with Gasteiger partial charge in [-0.1, -0.05) is 17.8 Å². The lowest BCUT2D eigenvalue weighted by Crippen LogP contribution is -2.71. The van der Waals surface area contributed by atoms with Crippen molar-refractivity contribution in [1.29, 1.82) is 0 Å². The molecule has 2 aliphatic heterocycles. The second-order valence-corrected chi connectivity index (χ2v) is 11.3. The molecule has 0 spiro atoms. The molecule has 2 amide bonds. The molecule has 0 bridgehead atoms. The molecule has 2 unspecified atom stereocenters. The summed E-state index contributed by atoms with van der Waals surface area (Å²) in [5.41, 5.74) is 6.32. The SMILES string of the molecule is Cc1cnc(C(=O)SCC2=C(C(=O)O)N3C(=O)C(NC(=O)C(N)c4cccs4)[C@@H]3SC2)s1. The summed E-state index contributed by atoms with van der Waals surface area (Å²) in [5.74, 6) is -1.76. The molecule has 4 N–H and O–H groups in total. The van der Waals surface area contributed by atoms with Crippen LogP contribution in [0.4, 0.5) is 0 Å². The fourth-order valence-electron chi connectivity index (χ4n) is 3.30. The van der Waals surface area contributed by atoms with Gasteiger partial charge in [0.1, 0.15) is 23.2 Å². The lowest BCUT2D eigenvalue weighted by atomic mass is 10.0. The van der Waals surface area contributed by atoms with Gasteiger partial charge >= 0.3 is 5.97 Å². The Kier molecular flexibility index (Phi) is 6.72. The minimum atomic E-state index is -1.24. The molecule has 0 aromatic carbocycles. The fraction of sp³-hybridized carbons (Fsp3) is 0.316. The Morgan fingerprint density at radius 3 is 2.84 bits per heavy atom. The number of thioether (sulfide) groups is 2. The summed E-state index contributed by atoms with van der Waals surface area (Å²) >= 11 is 4.93. The van der Waals surface area contributed by atoms with E-state index in [0.29, 0.717) is 21.2 Å². The maximum atomic E-state index is 12.7. The molecule has 2 aliphatic rings. The average Bonchev–Trinajstić information content (AvgIpc) is 3.46. The van der Waals surface area contributed by atoms with Crippen LogP contribution in [0, 0.1) is 6.92 Å². The van der Waals surface area contributed by atoms with Crippen molar-refractivity contribution in [1.82, 2.24) is 15.2 Å². The number of rotatable bonds is 7. The van der Waals surface area contributed by atoms with E-state index in [0.717, 1.165) is 16.6 Å². The molecule has 0 radical (unpaired) electrons. The molecule has 3 atom stereocenters. The number of amides is 2. The first-order chi connectivity index (χ1) is 15.3. The molecule has 1 fully saturated rings. The molecule has 4 heterocycles. The first kappa shape index (κ1) is 23.0. The van der Waals surface area contributed by atoms with Gasteiger partial charge in [-0.25, -0.2) is 9.78 Å². The van der Waals surface area contributed by atoms with Crippen LogP contribution < -0.4 is 11.1 Å². The van der Waals surface area contributed by atoms with Crippen LogP contribution in [0.15, 0.2) is 35.0 Å². The Labute approximate surface area is 199 Å². The fourth-order valence-corrected chi connectivity index (χ4v) is 7.12. The van der Waals surface area contributed by atoms with E-state index < -0.39 is 35.2 Å². The number of nitrogens with one attached hydrogen (secondary N) is 1. The normalized spacial score (nSPS) is 21.1. The van der Waals surface area contributed by atoms with Gasteiger partial charge in [0, 0.05) is 27.5 Å². The number of carbonyl (C=O) groups is 4. The number of thiophene rings is 1. The van der Waals surface area contributed by atoms with Crippen molar-refractivity contribution in [3.63, 3.8) is 0 Å². The average molecular weight is 511 g/mol. The minimum absolute atomic E-state index is 0.123. The molecule has 2 aromatic rings. The van der Waals surface area contributed by atoms with Crippen LogP contribution >= 0.6 is 46.2 Å². The van der Waals surface area contributed by atoms with E-state index in [9.17, 15) is 24.3 Å². The summed E-state index contributed by atoms with van der Waals surface area (Å²) in [4.78, 5) is 56.3. The number of nitrogens with zero attached hydrogens (tertiary/aromatic N) is 2. The molecule has 4 rings (SSSR count). The Balaban J connectivity index is 1.44. The number of aryl methyl sites for hydroxylation is 1. The number of carboxylic acid groups (broad SMARTS) is 1. The molecule has 0 saturated carbocycles. The minimum Gasteiger partial charge on any atom is -0.477 e. The van der Waals surface area contributed by atoms with Gasteiger partial charge < -0.3 is 16.2 Å². The van der Waals surface area contributed by atoms with Crippen LogP contribution in [-0.4, -0.2) is 60.8 Å².